The van der Waals surface area contributed by atoms with Crippen LogP contribution in [0.25, 0.3) is 0 Å². The molecule has 0 aliphatic rings. The number of anilines is 2. The van der Waals surface area contributed by atoms with Crippen LogP contribution in [0.4, 0.5) is 11.6 Å². The Hall–Kier alpha value is -2.24. The van der Waals surface area contributed by atoms with Gasteiger partial charge in [-0.2, -0.15) is 4.98 Å². The first-order valence-electron chi connectivity index (χ1n) is 6.91. The molecule has 0 saturated carbocycles. The number of halogens is 1. The van der Waals surface area contributed by atoms with Gasteiger partial charge in [-0.1, -0.05) is 41.6 Å². The summed E-state index contributed by atoms with van der Waals surface area (Å²) in [5.41, 5.74) is 0.862. The van der Waals surface area contributed by atoms with Gasteiger partial charge in [-0.15, -0.1) is 0 Å². The molecule has 4 nitrogen and oxygen atoms in total. The summed E-state index contributed by atoms with van der Waals surface area (Å²) in [6.07, 6.45) is 1.64. The lowest BCUT2D eigenvalue weighted by atomic mass is 10.3. The molecule has 0 saturated heterocycles. The van der Waals surface area contributed by atoms with Crippen LogP contribution in [0.3, 0.4) is 0 Å². The molecule has 1 N–H and O–H groups in total. The number of rotatable bonds is 5. The van der Waals surface area contributed by atoms with Crippen LogP contribution in [0.1, 0.15) is 0 Å². The molecule has 1 heterocycles. The summed E-state index contributed by atoms with van der Waals surface area (Å²) in [4.78, 5) is 10.5. The van der Waals surface area contributed by atoms with Crippen LogP contribution in [0, 0.1) is 0 Å². The number of hydrogen-bond acceptors (Lipinski definition) is 5. The van der Waals surface area contributed by atoms with Crippen molar-refractivity contribution in [3.8, 4) is 5.88 Å². The molecule has 6 heteroatoms. The van der Waals surface area contributed by atoms with Gasteiger partial charge in [0.05, 0.1) is 12.1 Å². The van der Waals surface area contributed by atoms with Gasteiger partial charge in [-0.3, -0.25) is 0 Å². The van der Waals surface area contributed by atoms with Crippen molar-refractivity contribution < 1.29 is 4.74 Å². The maximum atomic E-state index is 6.30. The molecule has 0 fully saturated rings. The predicted octanol–water partition coefficient (Wildman–Crippen LogP) is 5.03. The van der Waals surface area contributed by atoms with Crippen molar-refractivity contribution >= 4 is 35.0 Å². The molecule has 0 radical (unpaired) electrons. The van der Waals surface area contributed by atoms with Crippen LogP contribution < -0.4 is 10.1 Å². The zero-order valence-electron chi connectivity index (χ0n) is 12.4. The number of aromatic nitrogens is 2. The number of nitrogens with one attached hydrogen (secondary N) is 1. The summed E-state index contributed by atoms with van der Waals surface area (Å²) < 4.78 is 5.10. The average molecular weight is 344 g/mol. The molecular formula is C17H14ClN3OS. The molecule has 116 valence electrons. The molecule has 0 bridgehead atoms. The highest BCUT2D eigenvalue weighted by molar-refractivity contribution is 7.99. The van der Waals surface area contributed by atoms with Crippen LogP contribution in [0.5, 0.6) is 5.88 Å². The molecule has 0 amide bonds. The fourth-order valence-electron chi connectivity index (χ4n) is 1.92. The zero-order valence-corrected chi connectivity index (χ0v) is 13.9. The maximum absolute atomic E-state index is 6.30. The normalized spacial score (nSPS) is 10.3. The van der Waals surface area contributed by atoms with Crippen molar-refractivity contribution in [1.82, 2.24) is 9.97 Å². The topological polar surface area (TPSA) is 47.0 Å². The number of benzene rings is 2. The monoisotopic (exact) mass is 343 g/mol. The van der Waals surface area contributed by atoms with E-state index in [2.05, 4.69) is 15.3 Å². The minimum Gasteiger partial charge on any atom is -0.481 e. The van der Waals surface area contributed by atoms with E-state index >= 15 is 0 Å². The SMILES string of the molecule is COc1ccnc(Nc2ccc(Cl)c(Sc3ccccc3)c2)n1. The van der Waals surface area contributed by atoms with E-state index in [1.165, 1.54) is 0 Å². The van der Waals surface area contributed by atoms with Gasteiger partial charge >= 0.3 is 0 Å². The van der Waals surface area contributed by atoms with Crippen molar-refractivity contribution in [3.05, 3.63) is 65.8 Å². The number of methoxy groups -OCH3 is 1. The molecule has 1 aromatic heterocycles. The average Bonchev–Trinajstić information content (AvgIpc) is 2.59. The Balaban J connectivity index is 1.82. The summed E-state index contributed by atoms with van der Waals surface area (Å²) in [5.74, 6) is 0.984. The molecular weight excluding hydrogens is 330 g/mol. The molecule has 2 aromatic carbocycles. The molecule has 3 aromatic rings. The number of ether oxygens (including phenoxy) is 1. The lowest BCUT2D eigenvalue weighted by Gasteiger charge is -2.09. The molecule has 23 heavy (non-hydrogen) atoms. The standard InChI is InChI=1S/C17H14ClN3OS/c1-22-16-9-10-19-17(21-16)20-12-7-8-14(18)15(11-12)23-13-5-3-2-4-6-13/h2-11H,1H3,(H,19,20,21). The van der Waals surface area contributed by atoms with Crippen molar-refractivity contribution in [3.63, 3.8) is 0 Å². The van der Waals surface area contributed by atoms with Gasteiger partial charge in [0.1, 0.15) is 0 Å². The smallest absolute Gasteiger partial charge is 0.230 e. The first kappa shape index (κ1) is 15.6. The molecule has 0 unspecified atom stereocenters. The van der Waals surface area contributed by atoms with Gasteiger partial charge in [-0.25, -0.2) is 4.98 Å². The molecule has 3 rings (SSSR count). The summed E-state index contributed by atoms with van der Waals surface area (Å²) in [6, 6.07) is 17.5. The Kier molecular flexibility index (Phi) is 5.00. The lowest BCUT2D eigenvalue weighted by molar-refractivity contribution is 0.397. The first-order valence-corrected chi connectivity index (χ1v) is 8.10. The summed E-state index contributed by atoms with van der Waals surface area (Å²) in [5, 5.41) is 3.86. The molecule has 0 spiro atoms. The number of hydrogen-bond donors (Lipinski definition) is 1. The highest BCUT2D eigenvalue weighted by Crippen LogP contribution is 2.35. The van der Waals surface area contributed by atoms with Gasteiger partial charge < -0.3 is 10.1 Å². The van der Waals surface area contributed by atoms with E-state index < -0.39 is 0 Å². The highest BCUT2D eigenvalue weighted by Gasteiger charge is 2.06. The van der Waals surface area contributed by atoms with Crippen LogP contribution in [0.15, 0.2) is 70.6 Å². The van der Waals surface area contributed by atoms with Crippen LogP contribution in [0.2, 0.25) is 5.02 Å². The maximum Gasteiger partial charge on any atom is 0.230 e. The van der Waals surface area contributed by atoms with E-state index in [0.29, 0.717) is 16.9 Å². The fraction of sp³-hybridized carbons (Fsp3) is 0.0588. The first-order chi connectivity index (χ1) is 11.2. The van der Waals surface area contributed by atoms with Crippen molar-refractivity contribution in [1.29, 1.82) is 0 Å². The third kappa shape index (κ3) is 4.15. The van der Waals surface area contributed by atoms with E-state index in [1.807, 2.05) is 48.5 Å². The second-order valence-corrected chi connectivity index (χ2v) is 6.13. The van der Waals surface area contributed by atoms with E-state index in [-0.39, 0.29) is 0 Å². The Bertz CT molecular complexity index is 799. The Morgan fingerprint density at radius 3 is 2.70 bits per heavy atom. The lowest BCUT2D eigenvalue weighted by Crippen LogP contribution is -1.98. The van der Waals surface area contributed by atoms with Crippen LogP contribution in [-0.2, 0) is 0 Å². The predicted molar refractivity (Wildman–Crippen MR) is 93.9 cm³/mol. The Morgan fingerprint density at radius 1 is 1.09 bits per heavy atom. The van der Waals surface area contributed by atoms with Crippen LogP contribution >= 0.6 is 23.4 Å². The van der Waals surface area contributed by atoms with E-state index in [4.69, 9.17) is 16.3 Å². The second kappa shape index (κ2) is 7.35. The van der Waals surface area contributed by atoms with E-state index in [0.717, 1.165) is 15.5 Å². The third-order valence-electron chi connectivity index (χ3n) is 3.00. The third-order valence-corrected chi connectivity index (χ3v) is 4.50. The number of nitrogens with zero attached hydrogens (tertiary/aromatic N) is 2. The van der Waals surface area contributed by atoms with Gasteiger partial charge in [-0.05, 0) is 30.3 Å². The molecule has 0 aliphatic heterocycles. The van der Waals surface area contributed by atoms with Gasteiger partial charge in [0.15, 0.2) is 0 Å². The minimum absolute atomic E-state index is 0.474. The quantitative estimate of drug-likeness (QED) is 0.703. The van der Waals surface area contributed by atoms with Crippen LogP contribution in [-0.4, -0.2) is 17.1 Å². The Morgan fingerprint density at radius 2 is 1.91 bits per heavy atom. The van der Waals surface area contributed by atoms with E-state index in [9.17, 15) is 0 Å². The van der Waals surface area contributed by atoms with Crippen molar-refractivity contribution in [2.24, 2.45) is 0 Å². The van der Waals surface area contributed by atoms with Gasteiger partial charge in [0.2, 0.25) is 11.8 Å². The zero-order chi connectivity index (χ0) is 16.1. The molecule has 0 atom stereocenters. The Labute approximate surface area is 143 Å². The van der Waals surface area contributed by atoms with Gasteiger partial charge in [0.25, 0.3) is 0 Å². The summed E-state index contributed by atoms with van der Waals surface area (Å²) in [7, 11) is 1.57. The highest BCUT2D eigenvalue weighted by atomic mass is 35.5. The molecule has 0 aliphatic carbocycles. The van der Waals surface area contributed by atoms with E-state index in [1.54, 1.807) is 31.1 Å². The second-order valence-electron chi connectivity index (χ2n) is 4.61. The van der Waals surface area contributed by atoms with Crippen molar-refractivity contribution in [2.75, 3.05) is 12.4 Å². The summed E-state index contributed by atoms with van der Waals surface area (Å²) in [6.45, 7) is 0. The largest absolute Gasteiger partial charge is 0.481 e. The van der Waals surface area contributed by atoms with Crippen molar-refractivity contribution in [2.45, 2.75) is 9.79 Å². The minimum atomic E-state index is 0.474. The van der Waals surface area contributed by atoms with Gasteiger partial charge in [0, 0.05) is 27.7 Å². The fourth-order valence-corrected chi connectivity index (χ4v) is 3.05. The summed E-state index contributed by atoms with van der Waals surface area (Å²) >= 11 is 7.91.